The van der Waals surface area contributed by atoms with Gasteiger partial charge in [-0.15, -0.1) is 0 Å². The molecule has 1 N–H and O–H groups in total. The van der Waals surface area contributed by atoms with Gasteiger partial charge in [-0.25, -0.2) is 0 Å². The zero-order valence-electron chi connectivity index (χ0n) is 13.0. The fourth-order valence-corrected chi connectivity index (χ4v) is 4.13. The molecule has 0 amide bonds. The van der Waals surface area contributed by atoms with Crippen LogP contribution in [0.2, 0.25) is 0 Å². The molecule has 1 aromatic rings. The van der Waals surface area contributed by atoms with Crippen molar-refractivity contribution < 1.29 is 4.74 Å². The molecule has 1 saturated heterocycles. The third-order valence-corrected chi connectivity index (χ3v) is 5.58. The molecular formula is C18H28N2O. The minimum absolute atomic E-state index is 0.252. The van der Waals surface area contributed by atoms with Gasteiger partial charge in [0.2, 0.25) is 0 Å². The molecule has 2 heterocycles. The molecule has 3 nitrogen and oxygen atoms in total. The molecule has 1 aromatic heterocycles. The summed E-state index contributed by atoms with van der Waals surface area (Å²) in [5, 5.41) is 3.62. The van der Waals surface area contributed by atoms with Gasteiger partial charge in [0.05, 0.1) is 11.7 Å². The van der Waals surface area contributed by atoms with Gasteiger partial charge in [0.1, 0.15) is 0 Å². The Morgan fingerprint density at radius 3 is 2.81 bits per heavy atom. The van der Waals surface area contributed by atoms with E-state index in [0.29, 0.717) is 6.10 Å². The van der Waals surface area contributed by atoms with E-state index in [1.807, 2.05) is 0 Å². The molecule has 1 aliphatic heterocycles. The van der Waals surface area contributed by atoms with E-state index in [4.69, 9.17) is 4.74 Å². The van der Waals surface area contributed by atoms with Gasteiger partial charge in [-0.2, -0.15) is 0 Å². The Labute approximate surface area is 128 Å². The molecule has 3 heteroatoms. The Hall–Kier alpha value is -0.800. The second-order valence-electron chi connectivity index (χ2n) is 7.33. The van der Waals surface area contributed by atoms with Crippen LogP contribution < -0.4 is 5.32 Å². The number of hydrogen-bond donors (Lipinski definition) is 1. The van der Waals surface area contributed by atoms with E-state index in [0.717, 1.165) is 19.1 Å². The van der Waals surface area contributed by atoms with Crippen LogP contribution in [0.25, 0.3) is 0 Å². The lowest BCUT2D eigenvalue weighted by Gasteiger charge is -2.33. The van der Waals surface area contributed by atoms with Crippen molar-refractivity contribution in [3.8, 4) is 0 Å². The zero-order chi connectivity index (χ0) is 14.1. The average Bonchev–Trinajstić information content (AvgIpc) is 3.12. The van der Waals surface area contributed by atoms with E-state index in [1.54, 1.807) is 0 Å². The third-order valence-electron chi connectivity index (χ3n) is 5.58. The lowest BCUT2D eigenvalue weighted by molar-refractivity contribution is -0.0681. The maximum atomic E-state index is 6.51. The largest absolute Gasteiger partial charge is 0.370 e. The highest BCUT2D eigenvalue weighted by molar-refractivity contribution is 5.08. The standard InChI is InChI=1S/C18H28N2O/c1-2-9-18(10-3-1)11-8-17(21-18)14-20-12-4-5-16(20)13-19-15-6-7-15/h4-5,12,15,17,19H,1-3,6-11,13-14H2. The molecule has 1 unspecified atom stereocenters. The summed E-state index contributed by atoms with van der Waals surface area (Å²) in [6, 6.07) is 5.21. The fraction of sp³-hybridized carbons (Fsp3) is 0.778. The number of aromatic nitrogens is 1. The molecule has 0 aromatic carbocycles. The SMILES string of the molecule is c1cc(CNC2CC2)n(CC2CCC3(CCCCC3)O2)c1. The summed E-state index contributed by atoms with van der Waals surface area (Å²) in [5.41, 5.74) is 1.66. The van der Waals surface area contributed by atoms with E-state index in [2.05, 4.69) is 28.2 Å². The summed E-state index contributed by atoms with van der Waals surface area (Å²) in [7, 11) is 0. The Bertz CT molecular complexity index is 471. The quantitative estimate of drug-likeness (QED) is 0.895. The lowest BCUT2D eigenvalue weighted by Crippen LogP contribution is -2.32. The van der Waals surface area contributed by atoms with Crippen molar-refractivity contribution in [1.29, 1.82) is 0 Å². The second-order valence-corrected chi connectivity index (χ2v) is 7.33. The van der Waals surface area contributed by atoms with Gasteiger partial charge < -0.3 is 14.6 Å². The Balaban J connectivity index is 1.34. The summed E-state index contributed by atoms with van der Waals surface area (Å²) in [6.45, 7) is 2.05. The molecule has 1 atom stereocenters. The van der Waals surface area contributed by atoms with E-state index >= 15 is 0 Å². The Kier molecular flexibility index (Phi) is 3.80. The highest BCUT2D eigenvalue weighted by Gasteiger charge is 2.40. The molecule has 0 radical (unpaired) electrons. The van der Waals surface area contributed by atoms with Gasteiger partial charge in [-0.05, 0) is 50.7 Å². The van der Waals surface area contributed by atoms with Crippen molar-refractivity contribution >= 4 is 0 Å². The summed E-state index contributed by atoms with van der Waals surface area (Å²) < 4.78 is 8.92. The summed E-state index contributed by atoms with van der Waals surface area (Å²) in [6.07, 6.45) is 14.6. The topological polar surface area (TPSA) is 26.2 Å². The molecule has 3 aliphatic rings. The normalized spacial score (nSPS) is 28.3. The summed E-state index contributed by atoms with van der Waals surface area (Å²) >= 11 is 0. The Morgan fingerprint density at radius 1 is 1.14 bits per heavy atom. The van der Waals surface area contributed by atoms with Crippen LogP contribution >= 0.6 is 0 Å². The van der Waals surface area contributed by atoms with Crippen LogP contribution in [-0.2, 0) is 17.8 Å². The van der Waals surface area contributed by atoms with Gasteiger partial charge in [-0.1, -0.05) is 19.3 Å². The van der Waals surface area contributed by atoms with Crippen LogP contribution in [0.5, 0.6) is 0 Å². The van der Waals surface area contributed by atoms with Crippen molar-refractivity contribution in [2.75, 3.05) is 0 Å². The van der Waals surface area contributed by atoms with E-state index in [9.17, 15) is 0 Å². The molecule has 0 bridgehead atoms. The number of nitrogens with one attached hydrogen (secondary N) is 1. The van der Waals surface area contributed by atoms with Gasteiger partial charge in [0, 0.05) is 31.0 Å². The first kappa shape index (κ1) is 13.8. The summed E-state index contributed by atoms with van der Waals surface area (Å²) in [5.74, 6) is 0. The minimum Gasteiger partial charge on any atom is -0.370 e. The van der Waals surface area contributed by atoms with Gasteiger partial charge in [-0.3, -0.25) is 0 Å². The molecule has 1 spiro atoms. The van der Waals surface area contributed by atoms with Crippen molar-refractivity contribution in [1.82, 2.24) is 9.88 Å². The maximum Gasteiger partial charge on any atom is 0.0762 e. The second kappa shape index (κ2) is 5.77. The van der Waals surface area contributed by atoms with Gasteiger partial charge >= 0.3 is 0 Å². The van der Waals surface area contributed by atoms with Crippen LogP contribution in [0.4, 0.5) is 0 Å². The van der Waals surface area contributed by atoms with Crippen molar-refractivity contribution in [3.63, 3.8) is 0 Å². The molecular weight excluding hydrogens is 260 g/mol. The number of hydrogen-bond acceptors (Lipinski definition) is 2. The predicted molar refractivity (Wildman–Crippen MR) is 84.2 cm³/mol. The number of nitrogens with zero attached hydrogens (tertiary/aromatic N) is 1. The van der Waals surface area contributed by atoms with Crippen molar-refractivity contribution in [3.05, 3.63) is 24.0 Å². The molecule has 21 heavy (non-hydrogen) atoms. The first-order valence-electron chi connectivity index (χ1n) is 8.88. The van der Waals surface area contributed by atoms with E-state index in [1.165, 1.54) is 63.5 Å². The molecule has 2 aliphatic carbocycles. The summed E-state index contributed by atoms with van der Waals surface area (Å²) in [4.78, 5) is 0. The maximum absolute atomic E-state index is 6.51. The van der Waals surface area contributed by atoms with Gasteiger partial charge in [0.15, 0.2) is 0 Å². The first-order chi connectivity index (χ1) is 10.3. The Morgan fingerprint density at radius 2 is 2.00 bits per heavy atom. The van der Waals surface area contributed by atoms with Crippen LogP contribution in [0.15, 0.2) is 18.3 Å². The molecule has 4 rings (SSSR count). The van der Waals surface area contributed by atoms with E-state index < -0.39 is 0 Å². The molecule has 2 saturated carbocycles. The van der Waals surface area contributed by atoms with Crippen LogP contribution in [0.3, 0.4) is 0 Å². The van der Waals surface area contributed by atoms with Crippen molar-refractivity contribution in [2.45, 2.75) is 88.6 Å². The smallest absolute Gasteiger partial charge is 0.0762 e. The van der Waals surface area contributed by atoms with Gasteiger partial charge in [0.25, 0.3) is 0 Å². The monoisotopic (exact) mass is 288 g/mol. The highest BCUT2D eigenvalue weighted by atomic mass is 16.5. The lowest BCUT2D eigenvalue weighted by atomic mass is 9.83. The highest BCUT2D eigenvalue weighted by Crippen LogP contribution is 2.42. The average molecular weight is 288 g/mol. The first-order valence-corrected chi connectivity index (χ1v) is 8.88. The van der Waals surface area contributed by atoms with E-state index in [-0.39, 0.29) is 5.60 Å². The minimum atomic E-state index is 0.252. The predicted octanol–water partition coefficient (Wildman–Crippen LogP) is 3.62. The molecule has 116 valence electrons. The molecule has 3 fully saturated rings. The van der Waals surface area contributed by atoms with Crippen LogP contribution in [0.1, 0.15) is 63.5 Å². The fourth-order valence-electron chi connectivity index (χ4n) is 4.13. The number of ether oxygens (including phenoxy) is 1. The zero-order valence-corrected chi connectivity index (χ0v) is 13.0. The van der Waals surface area contributed by atoms with Crippen molar-refractivity contribution in [2.24, 2.45) is 0 Å². The van der Waals surface area contributed by atoms with Crippen LogP contribution in [0, 0.1) is 0 Å². The third kappa shape index (κ3) is 3.19. The van der Waals surface area contributed by atoms with Crippen LogP contribution in [-0.4, -0.2) is 22.3 Å². The number of rotatable bonds is 5.